The number of nitrogens with zero attached hydrogens (tertiary/aromatic N) is 3. The van der Waals surface area contributed by atoms with Crippen LogP contribution in [0.1, 0.15) is 53.4 Å². The number of thiophene rings is 1. The number of halogens is 3. The Balaban J connectivity index is 1.73. The van der Waals surface area contributed by atoms with Gasteiger partial charge in [-0.2, -0.15) is 18.4 Å². The smallest absolute Gasteiger partial charge is 0.417 e. The van der Waals surface area contributed by atoms with Crippen molar-refractivity contribution < 1.29 is 27.5 Å². The number of nitriles is 1. The van der Waals surface area contributed by atoms with Crippen LogP contribution in [0.3, 0.4) is 0 Å². The lowest BCUT2D eigenvalue weighted by Gasteiger charge is -2.31. The second-order valence-corrected chi connectivity index (χ2v) is 8.70. The highest BCUT2D eigenvalue weighted by molar-refractivity contribution is 7.18. The highest BCUT2D eigenvalue weighted by Gasteiger charge is 2.49. The van der Waals surface area contributed by atoms with Crippen molar-refractivity contribution in [1.82, 2.24) is 0 Å². The minimum atomic E-state index is -4.71. The van der Waals surface area contributed by atoms with Crippen LogP contribution in [0.4, 0.5) is 28.7 Å². The lowest BCUT2D eigenvalue weighted by Crippen LogP contribution is -2.40. The molecule has 4 rings (SSSR count). The molecule has 0 radical (unpaired) electrons. The number of carbonyl (C=O) groups excluding carboxylic acids is 2. The highest BCUT2D eigenvalue weighted by Crippen LogP contribution is 2.43. The molecule has 1 saturated carbocycles. The van der Waals surface area contributed by atoms with Crippen molar-refractivity contribution in [3.8, 4) is 6.07 Å². The molecule has 10 heteroatoms. The molecule has 2 aromatic rings. The summed E-state index contributed by atoms with van der Waals surface area (Å²) in [5.41, 5.74) is -1.43. The number of amides is 2. The maximum Gasteiger partial charge on any atom is 0.417 e. The summed E-state index contributed by atoms with van der Waals surface area (Å²) in [4.78, 5) is 28.9. The Morgan fingerprint density at radius 3 is 2.50 bits per heavy atom. The van der Waals surface area contributed by atoms with E-state index >= 15 is 0 Å². The van der Waals surface area contributed by atoms with Crippen LogP contribution < -0.4 is 9.80 Å². The zero-order valence-corrected chi connectivity index (χ0v) is 18.0. The number of urea groups is 1. The summed E-state index contributed by atoms with van der Waals surface area (Å²) >= 11 is 1.13. The van der Waals surface area contributed by atoms with E-state index in [1.165, 1.54) is 11.0 Å². The Bertz CT molecular complexity index is 1090. The van der Waals surface area contributed by atoms with E-state index in [-0.39, 0.29) is 24.4 Å². The van der Waals surface area contributed by atoms with E-state index in [1.807, 2.05) is 0 Å². The molecule has 1 aromatic carbocycles. The Labute approximate surface area is 186 Å². The average Bonchev–Trinajstić information content (AvgIpc) is 3.35. The zero-order chi connectivity index (χ0) is 23.0. The van der Waals surface area contributed by atoms with Gasteiger partial charge in [-0.1, -0.05) is 12.8 Å². The van der Waals surface area contributed by atoms with Crippen molar-refractivity contribution in [2.24, 2.45) is 0 Å². The van der Waals surface area contributed by atoms with Crippen LogP contribution in [0.15, 0.2) is 30.3 Å². The molecule has 0 bridgehead atoms. The number of ether oxygens (including phenoxy) is 1. The molecule has 1 aliphatic heterocycles. The number of fused-ring (bicyclic) bond motifs is 1. The van der Waals surface area contributed by atoms with Gasteiger partial charge in [0, 0.05) is 5.69 Å². The fourth-order valence-corrected chi connectivity index (χ4v) is 5.39. The van der Waals surface area contributed by atoms with Crippen molar-refractivity contribution in [3.63, 3.8) is 0 Å². The number of carbonyl (C=O) groups is 2. The summed E-state index contributed by atoms with van der Waals surface area (Å²) < 4.78 is 45.5. The minimum absolute atomic E-state index is 0.114. The maximum atomic E-state index is 13.5. The molecule has 2 atom stereocenters. The molecule has 1 aromatic heterocycles. The van der Waals surface area contributed by atoms with E-state index in [1.54, 1.807) is 30.0 Å². The third kappa shape index (κ3) is 3.81. The summed E-state index contributed by atoms with van der Waals surface area (Å²) in [6, 6.07) is 7.27. The molecular formula is C22H20F3N3O3S. The van der Waals surface area contributed by atoms with Gasteiger partial charge >= 0.3 is 18.2 Å². The van der Waals surface area contributed by atoms with E-state index in [2.05, 4.69) is 0 Å². The molecular weight excluding hydrogens is 443 g/mol. The van der Waals surface area contributed by atoms with Gasteiger partial charge in [0.1, 0.15) is 9.88 Å². The fraction of sp³-hybridized carbons (Fsp3) is 0.409. The van der Waals surface area contributed by atoms with Gasteiger partial charge in [0.05, 0.1) is 35.9 Å². The lowest BCUT2D eigenvalue weighted by molar-refractivity contribution is -0.137. The van der Waals surface area contributed by atoms with E-state index < -0.39 is 29.3 Å². The molecule has 0 spiro atoms. The summed E-state index contributed by atoms with van der Waals surface area (Å²) in [7, 11) is 0. The average molecular weight is 463 g/mol. The van der Waals surface area contributed by atoms with Crippen LogP contribution in [0.2, 0.25) is 0 Å². The molecule has 2 aliphatic rings. The predicted molar refractivity (Wildman–Crippen MR) is 113 cm³/mol. The number of alkyl halides is 3. The third-order valence-corrected chi connectivity index (χ3v) is 6.85. The number of hydrogen-bond donors (Lipinski definition) is 0. The first-order valence-corrected chi connectivity index (χ1v) is 11.1. The van der Waals surface area contributed by atoms with Gasteiger partial charge < -0.3 is 4.74 Å². The van der Waals surface area contributed by atoms with Crippen LogP contribution >= 0.6 is 11.3 Å². The number of benzene rings is 1. The van der Waals surface area contributed by atoms with Crippen LogP contribution in [-0.4, -0.2) is 30.7 Å². The molecule has 0 unspecified atom stereocenters. The quantitative estimate of drug-likeness (QED) is 0.556. The van der Waals surface area contributed by atoms with E-state index in [9.17, 15) is 22.8 Å². The van der Waals surface area contributed by atoms with Gasteiger partial charge in [0.25, 0.3) is 0 Å². The van der Waals surface area contributed by atoms with Gasteiger partial charge in [0.2, 0.25) is 0 Å². The normalized spacial score (nSPS) is 20.8. The molecule has 1 aliphatic carbocycles. The monoisotopic (exact) mass is 463 g/mol. The van der Waals surface area contributed by atoms with Crippen LogP contribution in [0.5, 0.6) is 0 Å². The standard InChI is InChI=1S/C22H20F3N3O3S/c1-2-31-20(29)18-9-10-19(32-18)28-17-6-4-3-5-16(17)27(21(28)30)14-8-7-13(12-26)15(11-14)22(23,24)25/h7-11,16-17H,2-6H2,1H3/t16-,17-/m0/s1. The van der Waals surface area contributed by atoms with E-state index in [0.29, 0.717) is 22.7 Å². The molecule has 2 heterocycles. The number of anilines is 2. The second kappa shape index (κ2) is 8.47. The minimum Gasteiger partial charge on any atom is -0.462 e. The van der Waals surface area contributed by atoms with Gasteiger partial charge in [-0.3, -0.25) is 9.80 Å². The molecule has 168 valence electrons. The SMILES string of the molecule is CCOC(=O)c1ccc(N2C(=O)N(c3ccc(C#N)c(C(F)(F)F)c3)[C@H]3CCCC[C@@H]32)s1. The van der Waals surface area contributed by atoms with Crippen LogP contribution in [0.25, 0.3) is 0 Å². The molecule has 1 saturated heterocycles. The van der Waals surface area contributed by atoms with E-state index in [0.717, 1.165) is 36.3 Å². The Hall–Kier alpha value is -3.06. The zero-order valence-electron chi connectivity index (χ0n) is 17.2. The first kappa shape index (κ1) is 22.1. The first-order chi connectivity index (χ1) is 15.3. The van der Waals surface area contributed by atoms with E-state index in [4.69, 9.17) is 10.00 Å². The molecule has 2 fully saturated rings. The van der Waals surface area contributed by atoms with Crippen molar-refractivity contribution in [1.29, 1.82) is 5.26 Å². The van der Waals surface area contributed by atoms with Crippen molar-refractivity contribution in [2.75, 3.05) is 16.4 Å². The third-order valence-electron chi connectivity index (χ3n) is 5.78. The Kier molecular flexibility index (Phi) is 5.86. The second-order valence-electron chi connectivity index (χ2n) is 7.64. The lowest BCUT2D eigenvalue weighted by atomic mass is 9.90. The highest BCUT2D eigenvalue weighted by atomic mass is 32.1. The summed E-state index contributed by atoms with van der Waals surface area (Å²) in [6.07, 6.45) is -1.58. The maximum absolute atomic E-state index is 13.5. The Morgan fingerprint density at radius 1 is 1.19 bits per heavy atom. The molecule has 6 nitrogen and oxygen atoms in total. The van der Waals surface area contributed by atoms with Gasteiger partial charge in [-0.15, -0.1) is 11.3 Å². The Morgan fingerprint density at radius 2 is 1.88 bits per heavy atom. The van der Waals surface area contributed by atoms with Crippen molar-refractivity contribution >= 4 is 34.0 Å². The summed E-state index contributed by atoms with van der Waals surface area (Å²) in [5.74, 6) is -0.477. The van der Waals surface area contributed by atoms with Crippen molar-refractivity contribution in [2.45, 2.75) is 50.9 Å². The topological polar surface area (TPSA) is 73.6 Å². The first-order valence-electron chi connectivity index (χ1n) is 10.3. The summed E-state index contributed by atoms with van der Waals surface area (Å²) in [5, 5.41) is 9.64. The van der Waals surface area contributed by atoms with Gasteiger partial charge in [0.15, 0.2) is 0 Å². The molecule has 0 N–H and O–H groups in total. The fourth-order valence-electron chi connectivity index (χ4n) is 4.44. The summed E-state index contributed by atoms with van der Waals surface area (Å²) in [6.45, 7) is 1.93. The predicted octanol–water partition coefficient (Wildman–Crippen LogP) is 5.57. The van der Waals surface area contributed by atoms with Crippen molar-refractivity contribution in [3.05, 3.63) is 46.3 Å². The van der Waals surface area contributed by atoms with Gasteiger partial charge in [-0.25, -0.2) is 9.59 Å². The number of hydrogen-bond acceptors (Lipinski definition) is 5. The largest absolute Gasteiger partial charge is 0.462 e. The van der Waals surface area contributed by atoms with Gasteiger partial charge in [-0.05, 0) is 50.1 Å². The number of esters is 1. The van der Waals surface area contributed by atoms with Crippen LogP contribution in [-0.2, 0) is 10.9 Å². The number of rotatable bonds is 4. The molecule has 2 amide bonds. The molecule has 32 heavy (non-hydrogen) atoms. The van der Waals surface area contributed by atoms with Crippen LogP contribution in [0, 0.1) is 11.3 Å².